The third-order valence-electron chi connectivity index (χ3n) is 7.26. The molecule has 0 spiro atoms. The van der Waals surface area contributed by atoms with E-state index in [1.165, 1.54) is 7.11 Å². The van der Waals surface area contributed by atoms with Crippen LogP contribution in [0.4, 0.5) is 5.69 Å². The average molecular weight is 510 g/mol. The van der Waals surface area contributed by atoms with Gasteiger partial charge in [0, 0.05) is 5.69 Å². The number of carbonyl (C=O) groups is 2. The molecule has 3 aromatic rings. The first-order valence-electron chi connectivity index (χ1n) is 12.8. The Morgan fingerprint density at radius 3 is 1.97 bits per heavy atom. The summed E-state index contributed by atoms with van der Waals surface area (Å²) in [4.78, 5) is 28.7. The van der Waals surface area contributed by atoms with Crippen LogP contribution in [0.25, 0.3) is 5.57 Å². The summed E-state index contributed by atoms with van der Waals surface area (Å²) in [6.45, 7) is 7.76. The minimum Gasteiger partial charge on any atom is -0.497 e. The quantitative estimate of drug-likeness (QED) is 0.186. The molecule has 1 aliphatic rings. The lowest BCUT2D eigenvalue weighted by Crippen LogP contribution is -2.56. The molecule has 0 N–H and O–H groups in total. The van der Waals surface area contributed by atoms with Crippen LogP contribution < -0.4 is 9.64 Å². The van der Waals surface area contributed by atoms with E-state index in [4.69, 9.17) is 9.47 Å². The Balaban J connectivity index is 1.86. The minimum atomic E-state index is -0.929. The average Bonchev–Trinajstić information content (AvgIpc) is 2.94. The van der Waals surface area contributed by atoms with E-state index in [-0.39, 0.29) is 17.9 Å². The zero-order chi connectivity index (χ0) is 27.4. The van der Waals surface area contributed by atoms with Crippen LogP contribution in [0.15, 0.2) is 102 Å². The van der Waals surface area contributed by atoms with E-state index in [2.05, 4.69) is 12.1 Å². The number of β-lactam (4-membered cyclic amide) rings is 1. The van der Waals surface area contributed by atoms with Crippen LogP contribution in [0.3, 0.4) is 0 Å². The second kappa shape index (κ2) is 11.1. The van der Waals surface area contributed by atoms with Crippen molar-refractivity contribution in [1.29, 1.82) is 0 Å². The fourth-order valence-corrected chi connectivity index (χ4v) is 5.12. The number of allylic oxidation sites excluding steroid dienone is 2. The molecule has 0 radical (unpaired) electrons. The van der Waals surface area contributed by atoms with E-state index in [0.29, 0.717) is 0 Å². The van der Waals surface area contributed by atoms with E-state index >= 15 is 0 Å². The van der Waals surface area contributed by atoms with Crippen molar-refractivity contribution in [2.45, 2.75) is 33.7 Å². The second-order valence-corrected chi connectivity index (χ2v) is 10.2. The summed E-state index contributed by atoms with van der Waals surface area (Å²) in [5, 5.41) is 0. The molecule has 3 aromatic carbocycles. The zero-order valence-electron chi connectivity index (χ0n) is 22.9. The Hall–Kier alpha value is -4.12. The van der Waals surface area contributed by atoms with Gasteiger partial charge in [0.1, 0.15) is 5.75 Å². The first-order chi connectivity index (χ1) is 18.2. The van der Waals surface area contributed by atoms with Crippen LogP contribution in [0.2, 0.25) is 0 Å². The van der Waals surface area contributed by atoms with Gasteiger partial charge in [0.25, 0.3) is 0 Å². The van der Waals surface area contributed by atoms with Crippen LogP contribution in [-0.2, 0) is 14.3 Å². The molecule has 5 heteroatoms. The number of benzene rings is 3. The van der Waals surface area contributed by atoms with Crippen LogP contribution >= 0.6 is 0 Å². The first-order valence-corrected chi connectivity index (χ1v) is 12.8. The van der Waals surface area contributed by atoms with Crippen molar-refractivity contribution in [1.82, 2.24) is 0 Å². The third kappa shape index (κ3) is 5.01. The molecule has 0 unspecified atom stereocenters. The summed E-state index contributed by atoms with van der Waals surface area (Å²) >= 11 is 0. The SMILES string of the molecule is COC(=O)C(C)(C)/C(=C\C(=C(C)C)[C@H]1C(=O)N(c2ccc(OC)cc2)[C@@H]1c1ccccc1)c1ccccc1. The highest BCUT2D eigenvalue weighted by Crippen LogP contribution is 2.49. The van der Waals surface area contributed by atoms with E-state index in [9.17, 15) is 9.59 Å². The number of hydrogen-bond donors (Lipinski definition) is 0. The molecule has 4 rings (SSSR count). The molecule has 1 amide bonds. The van der Waals surface area contributed by atoms with Crippen molar-refractivity contribution >= 4 is 23.1 Å². The zero-order valence-corrected chi connectivity index (χ0v) is 22.9. The molecule has 0 aliphatic carbocycles. The number of nitrogens with zero attached hydrogens (tertiary/aromatic N) is 1. The highest BCUT2D eigenvalue weighted by molar-refractivity contribution is 6.06. The molecule has 0 saturated carbocycles. The lowest BCUT2D eigenvalue weighted by Gasteiger charge is -2.48. The fraction of sp³-hybridized carbons (Fsp3) is 0.273. The van der Waals surface area contributed by atoms with Crippen molar-refractivity contribution in [2.75, 3.05) is 19.1 Å². The summed E-state index contributed by atoms with van der Waals surface area (Å²) in [5.41, 5.74) is 4.59. The summed E-state index contributed by atoms with van der Waals surface area (Å²) in [6.07, 6.45) is 2.03. The minimum absolute atomic E-state index is 0.0137. The maximum absolute atomic E-state index is 13.9. The normalized spacial score (nSPS) is 17.5. The summed E-state index contributed by atoms with van der Waals surface area (Å²) in [7, 11) is 3.03. The van der Waals surface area contributed by atoms with Gasteiger partial charge in [-0.3, -0.25) is 9.59 Å². The molecule has 1 heterocycles. The highest BCUT2D eigenvalue weighted by Gasteiger charge is 2.50. The van der Waals surface area contributed by atoms with Crippen LogP contribution in [0, 0.1) is 11.3 Å². The van der Waals surface area contributed by atoms with Crippen molar-refractivity contribution < 1.29 is 19.1 Å². The predicted octanol–water partition coefficient (Wildman–Crippen LogP) is 7.02. The molecular weight excluding hydrogens is 474 g/mol. The number of methoxy groups -OCH3 is 2. The molecule has 38 heavy (non-hydrogen) atoms. The lowest BCUT2D eigenvalue weighted by atomic mass is 9.72. The predicted molar refractivity (Wildman–Crippen MR) is 152 cm³/mol. The van der Waals surface area contributed by atoms with Crippen molar-refractivity contribution in [2.24, 2.45) is 11.3 Å². The Morgan fingerprint density at radius 2 is 1.45 bits per heavy atom. The molecule has 5 nitrogen and oxygen atoms in total. The van der Waals surface area contributed by atoms with Gasteiger partial charge in [-0.1, -0.05) is 72.3 Å². The Bertz CT molecular complexity index is 1350. The lowest BCUT2D eigenvalue weighted by molar-refractivity contribution is -0.147. The van der Waals surface area contributed by atoms with Gasteiger partial charge < -0.3 is 14.4 Å². The van der Waals surface area contributed by atoms with Gasteiger partial charge >= 0.3 is 5.97 Å². The van der Waals surface area contributed by atoms with Gasteiger partial charge in [0.2, 0.25) is 5.91 Å². The van der Waals surface area contributed by atoms with Gasteiger partial charge in [-0.25, -0.2) is 0 Å². The summed E-state index contributed by atoms with van der Waals surface area (Å²) in [5.74, 6) is 0.0107. The number of esters is 1. The third-order valence-corrected chi connectivity index (χ3v) is 7.26. The molecule has 196 valence electrons. The number of rotatable bonds is 8. The second-order valence-electron chi connectivity index (χ2n) is 10.2. The van der Waals surface area contributed by atoms with E-state index in [1.807, 2.05) is 111 Å². The molecule has 1 saturated heterocycles. The van der Waals surface area contributed by atoms with E-state index in [1.54, 1.807) is 7.11 Å². The number of hydrogen-bond acceptors (Lipinski definition) is 4. The maximum Gasteiger partial charge on any atom is 0.315 e. The van der Waals surface area contributed by atoms with Crippen LogP contribution in [0.5, 0.6) is 5.75 Å². The number of anilines is 1. The fourth-order valence-electron chi connectivity index (χ4n) is 5.12. The molecule has 0 aromatic heterocycles. The van der Waals surface area contributed by atoms with E-state index < -0.39 is 11.3 Å². The van der Waals surface area contributed by atoms with Gasteiger partial charge in [-0.05, 0) is 74.2 Å². The highest BCUT2D eigenvalue weighted by atomic mass is 16.5. The summed E-state index contributed by atoms with van der Waals surface area (Å²) in [6, 6.07) is 27.3. The molecule has 2 atom stereocenters. The Morgan fingerprint density at radius 1 is 0.868 bits per heavy atom. The molecular formula is C33H35NO4. The van der Waals surface area contributed by atoms with Crippen LogP contribution in [0.1, 0.15) is 44.9 Å². The number of ether oxygens (including phenoxy) is 2. The molecule has 1 fully saturated rings. The van der Waals surface area contributed by atoms with Crippen LogP contribution in [-0.4, -0.2) is 26.1 Å². The number of amides is 1. The molecule has 0 bridgehead atoms. The Labute approximate surface area is 225 Å². The summed E-state index contributed by atoms with van der Waals surface area (Å²) < 4.78 is 10.5. The number of carbonyl (C=O) groups excluding carboxylic acids is 2. The van der Waals surface area contributed by atoms with E-state index in [0.717, 1.165) is 39.3 Å². The smallest absolute Gasteiger partial charge is 0.315 e. The monoisotopic (exact) mass is 509 g/mol. The standard InChI is InChI=1S/C33H35NO4/c1-22(2)27(21-28(23-13-9-7-10-14-23)33(3,4)32(36)38-6)29-30(24-15-11-8-12-16-24)34(31(29)35)25-17-19-26(37-5)20-18-25/h7-21,29-30H,1-6H3/b28-21-/t29-,30-/m1/s1. The largest absolute Gasteiger partial charge is 0.497 e. The maximum atomic E-state index is 13.9. The van der Waals surface area contributed by atoms with Gasteiger partial charge in [0.05, 0.1) is 31.6 Å². The van der Waals surface area contributed by atoms with Crippen molar-refractivity contribution in [3.05, 3.63) is 113 Å². The first kappa shape index (κ1) is 26.9. The van der Waals surface area contributed by atoms with Crippen molar-refractivity contribution in [3.63, 3.8) is 0 Å². The molecule has 1 aliphatic heterocycles. The van der Waals surface area contributed by atoms with Gasteiger partial charge in [-0.2, -0.15) is 0 Å². The van der Waals surface area contributed by atoms with Gasteiger partial charge in [0.15, 0.2) is 0 Å². The topological polar surface area (TPSA) is 55.8 Å². The Kier molecular flexibility index (Phi) is 7.86. The van der Waals surface area contributed by atoms with Gasteiger partial charge in [-0.15, -0.1) is 0 Å². The van der Waals surface area contributed by atoms with Crippen molar-refractivity contribution in [3.8, 4) is 5.75 Å².